The molecule has 0 amide bonds. The minimum absolute atomic E-state index is 0.0360. The molecule has 0 heterocycles. The van der Waals surface area contributed by atoms with Crippen LogP contribution in [0.15, 0.2) is 12.1 Å². The van der Waals surface area contributed by atoms with Crippen molar-refractivity contribution in [3.05, 3.63) is 23.0 Å². The van der Waals surface area contributed by atoms with Crippen molar-refractivity contribution in [2.24, 2.45) is 0 Å². The van der Waals surface area contributed by atoms with Gasteiger partial charge < -0.3 is 14.8 Å². The highest BCUT2D eigenvalue weighted by Crippen LogP contribution is 2.24. The van der Waals surface area contributed by atoms with Crippen LogP contribution in [-0.4, -0.2) is 24.3 Å². The molecule has 0 aliphatic heterocycles. The normalized spacial score (nSPS) is 9.92. The van der Waals surface area contributed by atoms with Crippen LogP contribution in [0.25, 0.3) is 0 Å². The molecule has 0 unspecified atom stereocenters. The molecule has 70 valence electrons. The summed E-state index contributed by atoms with van der Waals surface area (Å²) >= 11 is 5.52. The lowest BCUT2D eigenvalue weighted by Gasteiger charge is -2.09. The van der Waals surface area contributed by atoms with Crippen molar-refractivity contribution in [2.75, 3.05) is 7.11 Å². The van der Waals surface area contributed by atoms with Crippen LogP contribution in [-0.2, 0) is 0 Å². The molecule has 0 saturated carbocycles. The molecule has 0 fully saturated rings. The van der Waals surface area contributed by atoms with Gasteiger partial charge in [-0.1, -0.05) is 17.7 Å². The first-order valence-corrected chi connectivity index (χ1v) is 3.83. The van der Waals surface area contributed by atoms with Gasteiger partial charge in [0.1, 0.15) is 16.6 Å². The van der Waals surface area contributed by atoms with Crippen LogP contribution in [0.5, 0.6) is 5.75 Å². The molecule has 1 aromatic carbocycles. The van der Waals surface area contributed by atoms with Gasteiger partial charge in [-0.05, 0) is 6.07 Å². The second kappa shape index (κ2) is 3.96. The molecule has 0 bridgehead atoms. The number of halogens is 2. The molecule has 0 radical (unpaired) electrons. The molecule has 13 heavy (non-hydrogen) atoms. The third kappa shape index (κ3) is 1.93. The van der Waals surface area contributed by atoms with E-state index in [0.29, 0.717) is 0 Å². The van der Waals surface area contributed by atoms with E-state index in [-0.39, 0.29) is 16.2 Å². The van der Waals surface area contributed by atoms with Crippen LogP contribution in [0.2, 0.25) is 5.02 Å². The Bertz CT molecular complexity index is 319. The van der Waals surface area contributed by atoms with Crippen molar-refractivity contribution < 1.29 is 19.2 Å². The topological polar surface area (TPSA) is 49.7 Å². The summed E-state index contributed by atoms with van der Waals surface area (Å²) in [6, 6.07) is 2.24. The van der Waals surface area contributed by atoms with Crippen molar-refractivity contribution >= 4 is 24.2 Å². The van der Waals surface area contributed by atoms with Crippen LogP contribution >= 0.6 is 11.6 Å². The van der Waals surface area contributed by atoms with Gasteiger partial charge in [-0.3, -0.25) is 0 Å². The summed E-state index contributed by atoms with van der Waals surface area (Å²) in [7, 11) is -0.458. The molecule has 0 spiro atoms. The zero-order chi connectivity index (χ0) is 10.0. The van der Waals surface area contributed by atoms with Crippen LogP contribution < -0.4 is 10.2 Å². The summed E-state index contributed by atoms with van der Waals surface area (Å²) < 4.78 is 17.6. The van der Waals surface area contributed by atoms with E-state index >= 15 is 0 Å². The number of hydrogen-bond acceptors (Lipinski definition) is 3. The lowest BCUT2D eigenvalue weighted by Crippen LogP contribution is -2.31. The molecule has 0 aromatic heterocycles. The van der Waals surface area contributed by atoms with Gasteiger partial charge in [0.25, 0.3) is 0 Å². The zero-order valence-corrected chi connectivity index (χ0v) is 7.55. The molecule has 0 saturated heterocycles. The first kappa shape index (κ1) is 10.3. The monoisotopic (exact) mass is 204 g/mol. The highest BCUT2D eigenvalue weighted by molar-refractivity contribution is 6.60. The first-order chi connectivity index (χ1) is 6.07. The van der Waals surface area contributed by atoms with E-state index in [0.717, 1.165) is 6.07 Å². The van der Waals surface area contributed by atoms with E-state index < -0.39 is 12.9 Å². The average molecular weight is 204 g/mol. The minimum atomic E-state index is -1.73. The first-order valence-electron chi connectivity index (χ1n) is 3.46. The van der Waals surface area contributed by atoms with E-state index in [1.54, 1.807) is 0 Å². The maximum absolute atomic E-state index is 12.8. The SMILES string of the molecule is COc1c(B(O)O)ccc(F)c1Cl. The van der Waals surface area contributed by atoms with Crippen molar-refractivity contribution in [1.82, 2.24) is 0 Å². The number of rotatable bonds is 2. The zero-order valence-electron chi connectivity index (χ0n) is 6.79. The summed E-state index contributed by atoms with van der Waals surface area (Å²) in [5.41, 5.74) is 0.0360. The Morgan fingerprint density at radius 3 is 2.54 bits per heavy atom. The van der Waals surface area contributed by atoms with Gasteiger partial charge in [-0.2, -0.15) is 0 Å². The summed E-state index contributed by atoms with van der Waals surface area (Å²) in [5, 5.41) is 17.4. The highest BCUT2D eigenvalue weighted by Gasteiger charge is 2.20. The average Bonchev–Trinajstić information content (AvgIpc) is 2.09. The number of ether oxygens (including phenoxy) is 1. The molecule has 6 heteroatoms. The summed E-state index contributed by atoms with van der Waals surface area (Å²) in [4.78, 5) is 0. The van der Waals surface area contributed by atoms with Crippen molar-refractivity contribution in [1.29, 1.82) is 0 Å². The molecular formula is C7H7BClFO3. The maximum Gasteiger partial charge on any atom is 0.492 e. The summed E-state index contributed by atoms with van der Waals surface area (Å²) in [6.45, 7) is 0. The van der Waals surface area contributed by atoms with Gasteiger partial charge in [0, 0.05) is 5.46 Å². The molecule has 0 atom stereocenters. The van der Waals surface area contributed by atoms with Crippen LogP contribution in [0.4, 0.5) is 4.39 Å². The Kier molecular flexibility index (Phi) is 3.14. The summed E-state index contributed by atoms with van der Waals surface area (Å²) in [6.07, 6.45) is 0. The number of hydrogen-bond donors (Lipinski definition) is 2. The predicted molar refractivity (Wildman–Crippen MR) is 47.8 cm³/mol. The van der Waals surface area contributed by atoms with E-state index in [9.17, 15) is 4.39 Å². The second-order valence-electron chi connectivity index (χ2n) is 2.36. The standard InChI is InChI=1S/C7H7BClFO3/c1-13-7-4(8(11)12)2-3-5(10)6(7)9/h2-3,11-12H,1H3. The Hall–Kier alpha value is -0.775. The van der Waals surface area contributed by atoms with Gasteiger partial charge >= 0.3 is 7.12 Å². The largest absolute Gasteiger partial charge is 0.495 e. The van der Waals surface area contributed by atoms with Gasteiger partial charge in [-0.25, -0.2) is 4.39 Å². The molecular weight excluding hydrogens is 197 g/mol. The van der Waals surface area contributed by atoms with Crippen LogP contribution in [0.3, 0.4) is 0 Å². The Labute approximate surface area is 79.9 Å². The van der Waals surface area contributed by atoms with Gasteiger partial charge in [0.2, 0.25) is 0 Å². The van der Waals surface area contributed by atoms with Crippen molar-refractivity contribution in [2.45, 2.75) is 0 Å². The predicted octanol–water partition coefficient (Wildman–Crippen LogP) is 0.168. The molecule has 0 aliphatic carbocycles. The van der Waals surface area contributed by atoms with Gasteiger partial charge in [0.05, 0.1) is 7.11 Å². The van der Waals surface area contributed by atoms with Crippen molar-refractivity contribution in [3.63, 3.8) is 0 Å². The lowest BCUT2D eigenvalue weighted by molar-refractivity contribution is 0.401. The molecule has 1 rings (SSSR count). The Balaban J connectivity index is 3.30. The fourth-order valence-corrected chi connectivity index (χ4v) is 1.21. The highest BCUT2D eigenvalue weighted by atomic mass is 35.5. The van der Waals surface area contributed by atoms with Crippen molar-refractivity contribution in [3.8, 4) is 5.75 Å². The van der Waals surface area contributed by atoms with Gasteiger partial charge in [-0.15, -0.1) is 0 Å². The van der Waals surface area contributed by atoms with E-state index in [4.69, 9.17) is 26.4 Å². The third-order valence-electron chi connectivity index (χ3n) is 1.56. The maximum atomic E-state index is 12.8. The third-order valence-corrected chi connectivity index (χ3v) is 1.91. The van der Waals surface area contributed by atoms with Crippen LogP contribution in [0, 0.1) is 5.82 Å². The smallest absolute Gasteiger partial charge is 0.492 e. The fraction of sp³-hybridized carbons (Fsp3) is 0.143. The Morgan fingerprint density at radius 2 is 2.08 bits per heavy atom. The number of methoxy groups -OCH3 is 1. The van der Waals surface area contributed by atoms with Gasteiger partial charge in [0.15, 0.2) is 0 Å². The summed E-state index contributed by atoms with van der Waals surface area (Å²) in [5.74, 6) is -0.723. The molecule has 2 N–H and O–H groups in total. The lowest BCUT2D eigenvalue weighted by atomic mass is 9.79. The molecule has 1 aromatic rings. The van der Waals surface area contributed by atoms with E-state index in [1.807, 2.05) is 0 Å². The van der Waals surface area contributed by atoms with E-state index in [1.165, 1.54) is 13.2 Å². The number of benzene rings is 1. The second-order valence-corrected chi connectivity index (χ2v) is 2.74. The quantitative estimate of drug-likeness (QED) is 0.675. The molecule has 3 nitrogen and oxygen atoms in total. The van der Waals surface area contributed by atoms with Crippen LogP contribution in [0.1, 0.15) is 0 Å². The van der Waals surface area contributed by atoms with E-state index in [2.05, 4.69) is 0 Å². The molecule has 0 aliphatic rings. The fourth-order valence-electron chi connectivity index (χ4n) is 0.958. The Morgan fingerprint density at radius 1 is 1.46 bits per heavy atom. The minimum Gasteiger partial charge on any atom is -0.495 e.